The minimum Gasteiger partial charge on any atom is -0.492 e. The summed E-state index contributed by atoms with van der Waals surface area (Å²) in [5, 5.41) is 11.1. The van der Waals surface area contributed by atoms with Crippen molar-refractivity contribution in [3.05, 3.63) is 35.3 Å². The molecule has 0 aliphatic carbocycles. The molecular formula is C14H16N2O3S. The van der Waals surface area contributed by atoms with Gasteiger partial charge in [-0.05, 0) is 38.4 Å². The summed E-state index contributed by atoms with van der Waals surface area (Å²) in [5.74, 6) is -0.207. The van der Waals surface area contributed by atoms with E-state index in [4.69, 9.17) is 9.84 Å². The van der Waals surface area contributed by atoms with Gasteiger partial charge in [-0.1, -0.05) is 0 Å². The normalized spacial score (nSPS) is 10.8. The molecule has 0 saturated heterocycles. The van der Waals surface area contributed by atoms with Crippen LogP contribution >= 0.6 is 11.3 Å². The minimum atomic E-state index is -1.00. The largest absolute Gasteiger partial charge is 0.492 e. The standard InChI is InChI=1S/C14H16N2O3S/c1-16(2)7-8-19-11-5-3-10(4-6-11)13-15-12(9-20-13)14(17)18/h3-6,9H,7-8H2,1-2H3,(H,17,18). The van der Waals surface area contributed by atoms with E-state index >= 15 is 0 Å². The van der Waals surface area contributed by atoms with E-state index in [2.05, 4.69) is 9.88 Å². The molecule has 0 spiro atoms. The van der Waals surface area contributed by atoms with Crippen LogP contribution in [0.25, 0.3) is 10.6 Å². The van der Waals surface area contributed by atoms with E-state index in [1.807, 2.05) is 38.4 Å². The number of carboxylic acids is 1. The summed E-state index contributed by atoms with van der Waals surface area (Å²) < 4.78 is 5.60. The SMILES string of the molecule is CN(C)CCOc1ccc(-c2nc(C(=O)O)cs2)cc1. The van der Waals surface area contributed by atoms with Crippen LogP contribution in [0.4, 0.5) is 0 Å². The van der Waals surface area contributed by atoms with Gasteiger partial charge in [-0.25, -0.2) is 9.78 Å². The summed E-state index contributed by atoms with van der Waals surface area (Å²) in [6.07, 6.45) is 0. The van der Waals surface area contributed by atoms with Crippen molar-refractivity contribution in [2.24, 2.45) is 0 Å². The van der Waals surface area contributed by atoms with E-state index in [0.29, 0.717) is 11.6 Å². The monoisotopic (exact) mass is 292 g/mol. The van der Waals surface area contributed by atoms with Crippen LogP contribution in [0.15, 0.2) is 29.6 Å². The quantitative estimate of drug-likeness (QED) is 0.886. The topological polar surface area (TPSA) is 62.7 Å². The molecule has 5 nitrogen and oxygen atoms in total. The molecule has 2 rings (SSSR count). The maximum atomic E-state index is 10.8. The number of ether oxygens (including phenoxy) is 1. The van der Waals surface area contributed by atoms with Crippen molar-refractivity contribution in [2.75, 3.05) is 27.2 Å². The first kappa shape index (κ1) is 14.5. The van der Waals surface area contributed by atoms with Gasteiger partial charge in [0.1, 0.15) is 17.4 Å². The van der Waals surface area contributed by atoms with Crippen molar-refractivity contribution in [1.82, 2.24) is 9.88 Å². The van der Waals surface area contributed by atoms with Gasteiger partial charge >= 0.3 is 5.97 Å². The molecular weight excluding hydrogens is 276 g/mol. The number of carbonyl (C=O) groups is 1. The summed E-state index contributed by atoms with van der Waals surface area (Å²) in [4.78, 5) is 16.9. The number of aromatic carboxylic acids is 1. The number of nitrogens with zero attached hydrogens (tertiary/aromatic N) is 2. The zero-order valence-electron chi connectivity index (χ0n) is 11.4. The van der Waals surface area contributed by atoms with Crippen molar-refractivity contribution in [1.29, 1.82) is 0 Å². The Kier molecular flexibility index (Phi) is 4.70. The van der Waals surface area contributed by atoms with Gasteiger partial charge < -0.3 is 14.7 Å². The molecule has 0 atom stereocenters. The van der Waals surface area contributed by atoms with Crippen LogP contribution in [0.5, 0.6) is 5.75 Å². The van der Waals surface area contributed by atoms with Gasteiger partial charge in [-0.2, -0.15) is 0 Å². The average molecular weight is 292 g/mol. The highest BCUT2D eigenvalue weighted by molar-refractivity contribution is 7.13. The Bertz CT molecular complexity index is 578. The first-order valence-electron chi connectivity index (χ1n) is 6.13. The Morgan fingerprint density at radius 2 is 2.05 bits per heavy atom. The predicted molar refractivity (Wildman–Crippen MR) is 78.6 cm³/mol. The predicted octanol–water partition coefficient (Wildman–Crippen LogP) is 2.45. The fourth-order valence-electron chi connectivity index (χ4n) is 1.54. The van der Waals surface area contributed by atoms with E-state index in [9.17, 15) is 4.79 Å². The molecule has 6 heteroatoms. The van der Waals surface area contributed by atoms with E-state index in [-0.39, 0.29) is 5.69 Å². The summed E-state index contributed by atoms with van der Waals surface area (Å²) in [6, 6.07) is 7.50. The summed E-state index contributed by atoms with van der Waals surface area (Å²) in [7, 11) is 3.99. The third-order valence-electron chi connectivity index (χ3n) is 2.63. The molecule has 20 heavy (non-hydrogen) atoms. The molecule has 0 aliphatic rings. The zero-order valence-corrected chi connectivity index (χ0v) is 12.2. The van der Waals surface area contributed by atoms with Gasteiger partial charge in [0.25, 0.3) is 0 Å². The molecule has 0 bridgehead atoms. The number of aromatic nitrogens is 1. The third-order valence-corrected chi connectivity index (χ3v) is 3.52. The Hall–Kier alpha value is -1.92. The summed E-state index contributed by atoms with van der Waals surface area (Å²) >= 11 is 1.32. The Labute approximate surface area is 121 Å². The van der Waals surface area contributed by atoms with Crippen LogP contribution in [0.1, 0.15) is 10.5 Å². The van der Waals surface area contributed by atoms with Gasteiger partial charge in [0.05, 0.1) is 0 Å². The van der Waals surface area contributed by atoms with E-state index in [1.54, 1.807) is 5.38 Å². The first-order valence-corrected chi connectivity index (χ1v) is 7.01. The number of hydrogen-bond acceptors (Lipinski definition) is 5. The lowest BCUT2D eigenvalue weighted by atomic mass is 10.2. The fourth-order valence-corrected chi connectivity index (χ4v) is 2.34. The third kappa shape index (κ3) is 3.79. The van der Waals surface area contributed by atoms with Crippen molar-refractivity contribution in [2.45, 2.75) is 0 Å². The van der Waals surface area contributed by atoms with Gasteiger partial charge in [0, 0.05) is 17.5 Å². The van der Waals surface area contributed by atoms with Crippen LogP contribution < -0.4 is 4.74 Å². The van der Waals surface area contributed by atoms with E-state index in [0.717, 1.165) is 17.9 Å². The highest BCUT2D eigenvalue weighted by Crippen LogP contribution is 2.25. The molecule has 0 radical (unpaired) electrons. The molecule has 0 amide bonds. The number of carboxylic acid groups (broad SMARTS) is 1. The second kappa shape index (κ2) is 6.49. The molecule has 0 fully saturated rings. The van der Waals surface area contributed by atoms with E-state index in [1.165, 1.54) is 11.3 Å². The lowest BCUT2D eigenvalue weighted by Crippen LogP contribution is -2.19. The van der Waals surface area contributed by atoms with Gasteiger partial charge in [-0.3, -0.25) is 0 Å². The number of hydrogen-bond donors (Lipinski definition) is 1. The lowest BCUT2D eigenvalue weighted by Gasteiger charge is -2.11. The van der Waals surface area contributed by atoms with Crippen LogP contribution in [0, 0.1) is 0 Å². The Balaban J connectivity index is 2.01. The number of benzene rings is 1. The first-order chi connectivity index (χ1) is 9.56. The second-order valence-corrected chi connectivity index (χ2v) is 5.38. The van der Waals surface area contributed by atoms with E-state index < -0.39 is 5.97 Å². The van der Waals surface area contributed by atoms with Crippen LogP contribution in [0.3, 0.4) is 0 Å². The molecule has 1 heterocycles. The minimum absolute atomic E-state index is 0.0799. The number of thiazole rings is 1. The number of rotatable bonds is 6. The molecule has 0 saturated carbocycles. The fraction of sp³-hybridized carbons (Fsp3) is 0.286. The van der Waals surface area contributed by atoms with Crippen LogP contribution in [0.2, 0.25) is 0 Å². The molecule has 2 aromatic rings. The van der Waals surface area contributed by atoms with Crippen molar-refractivity contribution in [3.63, 3.8) is 0 Å². The molecule has 1 aromatic heterocycles. The zero-order chi connectivity index (χ0) is 14.5. The van der Waals surface area contributed by atoms with Gasteiger partial charge in [0.15, 0.2) is 5.69 Å². The smallest absolute Gasteiger partial charge is 0.355 e. The van der Waals surface area contributed by atoms with Crippen LogP contribution in [-0.2, 0) is 0 Å². The maximum absolute atomic E-state index is 10.8. The number of likely N-dealkylation sites (N-methyl/N-ethyl adjacent to an activating group) is 1. The molecule has 106 valence electrons. The van der Waals surface area contributed by atoms with Crippen molar-refractivity contribution >= 4 is 17.3 Å². The van der Waals surface area contributed by atoms with Crippen molar-refractivity contribution in [3.8, 4) is 16.3 Å². The summed E-state index contributed by atoms with van der Waals surface area (Å²) in [6.45, 7) is 1.49. The second-order valence-electron chi connectivity index (χ2n) is 4.52. The maximum Gasteiger partial charge on any atom is 0.355 e. The molecule has 0 unspecified atom stereocenters. The van der Waals surface area contributed by atoms with Gasteiger partial charge in [-0.15, -0.1) is 11.3 Å². The summed E-state index contributed by atoms with van der Waals surface area (Å²) in [5.41, 5.74) is 0.971. The Morgan fingerprint density at radius 1 is 1.35 bits per heavy atom. The highest BCUT2D eigenvalue weighted by Gasteiger charge is 2.10. The Morgan fingerprint density at radius 3 is 2.60 bits per heavy atom. The van der Waals surface area contributed by atoms with Gasteiger partial charge in [0.2, 0.25) is 0 Å². The van der Waals surface area contributed by atoms with Crippen molar-refractivity contribution < 1.29 is 14.6 Å². The highest BCUT2D eigenvalue weighted by atomic mass is 32.1. The molecule has 0 aliphatic heterocycles. The lowest BCUT2D eigenvalue weighted by molar-refractivity contribution is 0.0691. The average Bonchev–Trinajstić information content (AvgIpc) is 2.89. The molecule has 1 aromatic carbocycles. The van der Waals surface area contributed by atoms with Crippen LogP contribution in [-0.4, -0.2) is 48.2 Å². The molecule has 1 N–H and O–H groups in total.